The number of carboxylic acids is 1. The van der Waals surface area contributed by atoms with Gasteiger partial charge < -0.3 is 79.8 Å². The minimum atomic E-state index is -1.56. The first-order chi connectivity index (χ1) is 31.9. The molecule has 14 atom stereocenters. The Morgan fingerprint density at radius 3 is 2.28 bits per heavy atom. The first kappa shape index (κ1) is 53.7. The summed E-state index contributed by atoms with van der Waals surface area (Å²) in [6, 6.07) is 4.16. The van der Waals surface area contributed by atoms with Crippen LogP contribution in [-0.2, 0) is 49.3 Å². The number of hydrogen-bond donors (Lipinski definition) is 10. The zero-order valence-electron chi connectivity index (χ0n) is 38.5. The summed E-state index contributed by atoms with van der Waals surface area (Å²) in [5.41, 5.74) is -0.201. The predicted molar refractivity (Wildman–Crippen MR) is 236 cm³/mol. The van der Waals surface area contributed by atoms with Crippen molar-refractivity contribution in [3.8, 4) is 5.75 Å². The molecule has 21 heteroatoms. The van der Waals surface area contributed by atoms with Crippen LogP contribution in [0.2, 0.25) is 0 Å². The number of aliphatic hydroxyl groups is 5. The Balaban J connectivity index is 1.29. The largest absolute Gasteiger partial charge is 0.508 e. The van der Waals surface area contributed by atoms with E-state index in [1.54, 1.807) is 6.92 Å². The molecule has 10 N–H and O–H groups in total. The van der Waals surface area contributed by atoms with Gasteiger partial charge >= 0.3 is 11.6 Å². The van der Waals surface area contributed by atoms with Crippen molar-refractivity contribution in [1.82, 2.24) is 16.0 Å². The molecule has 1 saturated carbocycles. The Morgan fingerprint density at radius 2 is 1.61 bits per heavy atom. The van der Waals surface area contributed by atoms with Gasteiger partial charge in [0.25, 0.3) is 0 Å². The number of aliphatic hydroxyl groups excluding tert-OH is 5. The summed E-state index contributed by atoms with van der Waals surface area (Å²) >= 11 is 0. The molecule has 5 unspecified atom stereocenters. The molecule has 2 saturated heterocycles. The van der Waals surface area contributed by atoms with Crippen LogP contribution in [0.5, 0.6) is 5.75 Å². The molecule has 21 nitrogen and oxygen atoms in total. The Labute approximate surface area is 388 Å². The summed E-state index contributed by atoms with van der Waals surface area (Å²) in [5.74, 6) is -3.85. The predicted octanol–water partition coefficient (Wildman–Crippen LogP) is 0.337. The molecule has 3 amide bonds. The monoisotopic (exact) mass is 951 g/mol. The second kappa shape index (κ2) is 25.4. The molecule has 2 aliphatic heterocycles. The molecular formula is C46H69N3O18. The van der Waals surface area contributed by atoms with Crippen molar-refractivity contribution in [1.29, 1.82) is 0 Å². The topological polar surface area (TPSA) is 322 Å². The van der Waals surface area contributed by atoms with E-state index >= 15 is 0 Å². The van der Waals surface area contributed by atoms with Gasteiger partial charge in [0.15, 0.2) is 18.7 Å². The lowest BCUT2D eigenvalue weighted by atomic mass is 9.85. The number of fused-ring (bicyclic) bond motifs is 1. The van der Waals surface area contributed by atoms with Crippen LogP contribution in [0.15, 0.2) is 33.5 Å². The number of carboxylic acid groups (broad SMARTS) is 1. The summed E-state index contributed by atoms with van der Waals surface area (Å²) in [5, 5.41) is 81.4. The maximum Gasteiger partial charge on any atom is 0.336 e. The number of benzene rings is 1. The molecule has 2 aromatic rings. The lowest BCUT2D eigenvalue weighted by Crippen LogP contribution is -2.66. The number of amides is 3. The van der Waals surface area contributed by atoms with Crippen LogP contribution in [0.1, 0.15) is 91.0 Å². The third-order valence-electron chi connectivity index (χ3n) is 12.9. The van der Waals surface area contributed by atoms with Crippen molar-refractivity contribution < 1.29 is 83.0 Å². The van der Waals surface area contributed by atoms with E-state index in [0.717, 1.165) is 32.1 Å². The molecule has 0 radical (unpaired) electrons. The summed E-state index contributed by atoms with van der Waals surface area (Å²) in [7, 11) is 0. The number of aliphatic carboxylic acids is 1. The minimum Gasteiger partial charge on any atom is -0.508 e. The van der Waals surface area contributed by atoms with Gasteiger partial charge in [-0.25, -0.2) is 9.59 Å². The zero-order valence-corrected chi connectivity index (χ0v) is 38.5. The molecule has 3 fully saturated rings. The molecule has 376 valence electrons. The molecule has 3 aliphatic rings. The van der Waals surface area contributed by atoms with E-state index in [1.807, 2.05) is 6.92 Å². The fourth-order valence-corrected chi connectivity index (χ4v) is 9.13. The second-order valence-electron chi connectivity index (χ2n) is 18.1. The minimum absolute atomic E-state index is 0.00571. The molecule has 0 bridgehead atoms. The number of hydrogen-bond acceptors (Lipinski definition) is 17. The van der Waals surface area contributed by atoms with Gasteiger partial charge in [-0.2, -0.15) is 0 Å². The number of carbonyl (C=O) groups excluding carboxylic acids is 3. The highest BCUT2D eigenvalue weighted by Gasteiger charge is 2.49. The van der Waals surface area contributed by atoms with Gasteiger partial charge in [-0.1, -0.05) is 45.4 Å². The van der Waals surface area contributed by atoms with Gasteiger partial charge in [-0.3, -0.25) is 14.4 Å². The Hall–Kier alpha value is -4.29. The molecular weight excluding hydrogens is 883 g/mol. The van der Waals surface area contributed by atoms with Gasteiger partial charge in [0.2, 0.25) is 17.7 Å². The summed E-state index contributed by atoms with van der Waals surface area (Å²) in [6.07, 6.45) is -8.93. The fraction of sp³-hybridized carbons (Fsp3) is 0.717. The summed E-state index contributed by atoms with van der Waals surface area (Å²) < 4.78 is 35.1. The van der Waals surface area contributed by atoms with Crippen LogP contribution in [-0.4, -0.2) is 159 Å². The van der Waals surface area contributed by atoms with E-state index in [2.05, 4.69) is 16.0 Å². The van der Waals surface area contributed by atoms with E-state index in [1.165, 1.54) is 38.1 Å². The molecule has 1 aliphatic carbocycles. The van der Waals surface area contributed by atoms with Crippen molar-refractivity contribution in [3.63, 3.8) is 0 Å². The van der Waals surface area contributed by atoms with Crippen molar-refractivity contribution >= 4 is 34.7 Å². The molecule has 0 spiro atoms. The van der Waals surface area contributed by atoms with Gasteiger partial charge in [-0.15, -0.1) is 0 Å². The lowest BCUT2D eigenvalue weighted by molar-refractivity contribution is -0.296. The van der Waals surface area contributed by atoms with Crippen LogP contribution < -0.4 is 21.6 Å². The van der Waals surface area contributed by atoms with Gasteiger partial charge in [0.05, 0.1) is 31.8 Å². The third kappa shape index (κ3) is 15.1. The van der Waals surface area contributed by atoms with Crippen molar-refractivity contribution in [2.24, 2.45) is 17.8 Å². The van der Waals surface area contributed by atoms with Crippen molar-refractivity contribution in [3.05, 3.63) is 40.2 Å². The van der Waals surface area contributed by atoms with E-state index in [-0.39, 0.29) is 68.5 Å². The molecule has 1 aromatic carbocycles. The highest BCUT2D eigenvalue weighted by Crippen LogP contribution is 2.33. The van der Waals surface area contributed by atoms with Gasteiger partial charge in [0.1, 0.15) is 54.0 Å². The highest BCUT2D eigenvalue weighted by molar-refractivity contribution is 5.87. The van der Waals surface area contributed by atoms with Crippen LogP contribution in [0.3, 0.4) is 0 Å². The standard InChI is InChI=1S/C46H69N3O18/c1-5-26(22-62-46-41(58)40(57)38(55)24(3)64-46)16-29(43(59)48-14-13-47-35(53)18-28-19-36(54)65-32-20-30(52)11-12-31(28)32)15-23(2)63-45-37(49-25(4)51)42(39(56)34(21-50)67-45)66-33(44(60)61)17-27-9-7-6-8-10-27/h11-12,19-20,23-24,26-27,29,33-34,37-42,45-46,50,52,55-58H,5-10,13-18,21-22H2,1-4H3,(H,47,53)(H,48,59)(H,49,51)(H,60,61)/t23-,24-,26+,29?,33-,34-,37?,38?,39-,40-,41-,42?,45+,46?/m0/s1. The zero-order chi connectivity index (χ0) is 48.9. The number of phenolic OH excluding ortho intramolecular Hbond substituents is 1. The van der Waals surface area contributed by atoms with E-state index in [9.17, 15) is 59.7 Å². The average molecular weight is 952 g/mol. The number of aromatic hydroxyl groups is 1. The van der Waals surface area contributed by atoms with Crippen molar-refractivity contribution in [2.45, 2.75) is 165 Å². The maximum absolute atomic E-state index is 14.1. The van der Waals surface area contributed by atoms with E-state index in [0.29, 0.717) is 17.4 Å². The fourth-order valence-electron chi connectivity index (χ4n) is 9.13. The van der Waals surface area contributed by atoms with E-state index < -0.39 is 115 Å². The molecule has 5 rings (SSSR count). The van der Waals surface area contributed by atoms with Crippen LogP contribution in [0, 0.1) is 17.8 Å². The van der Waals surface area contributed by atoms with Crippen molar-refractivity contribution in [2.75, 3.05) is 26.3 Å². The third-order valence-corrected chi connectivity index (χ3v) is 12.9. The Morgan fingerprint density at radius 1 is 0.896 bits per heavy atom. The molecule has 3 heterocycles. The second-order valence-corrected chi connectivity index (χ2v) is 18.1. The van der Waals surface area contributed by atoms with Gasteiger partial charge in [0, 0.05) is 43.5 Å². The van der Waals surface area contributed by atoms with Crippen LogP contribution >= 0.6 is 0 Å². The normalized spacial score (nSPS) is 28.8. The van der Waals surface area contributed by atoms with E-state index in [4.69, 9.17) is 28.1 Å². The number of carbonyl (C=O) groups is 4. The van der Waals surface area contributed by atoms with Gasteiger partial charge in [-0.05, 0) is 62.6 Å². The Kier molecular flexibility index (Phi) is 20.3. The smallest absolute Gasteiger partial charge is 0.336 e. The Bertz CT molecular complexity index is 2000. The summed E-state index contributed by atoms with van der Waals surface area (Å²) in [6.45, 7) is 5.55. The average Bonchev–Trinajstić information content (AvgIpc) is 3.28. The first-order valence-corrected chi connectivity index (χ1v) is 23.2. The molecule has 1 aromatic heterocycles. The lowest BCUT2D eigenvalue weighted by Gasteiger charge is -2.45. The SMILES string of the molecule is CC[C@@H](COC1O[C@@H](C)C(O)[C@H](O)[C@@H]1O)CC(C[C@H](C)O[C@@H]1O[C@@H](CO)[C@H](O)C(O[C@@H](CC2CCCCC2)C(=O)O)C1NC(C)=O)C(=O)NCCNC(=O)Cc1cc(=O)oc2cc(O)ccc12. The number of phenols is 1. The quantitative estimate of drug-likeness (QED) is 0.0530. The maximum atomic E-state index is 14.1. The van der Waals surface area contributed by atoms with Crippen LogP contribution in [0.25, 0.3) is 11.0 Å². The number of nitrogens with one attached hydrogen (secondary N) is 3. The summed E-state index contributed by atoms with van der Waals surface area (Å²) in [4.78, 5) is 64.3. The number of rotatable bonds is 23. The number of ether oxygens (including phenoxy) is 5. The van der Waals surface area contributed by atoms with Crippen LogP contribution in [0.4, 0.5) is 0 Å². The molecule has 67 heavy (non-hydrogen) atoms. The first-order valence-electron chi connectivity index (χ1n) is 23.2. The highest BCUT2D eigenvalue weighted by atomic mass is 16.7.